The van der Waals surface area contributed by atoms with Gasteiger partial charge in [-0.1, -0.05) is 0 Å². The van der Waals surface area contributed by atoms with Crippen molar-refractivity contribution in [2.24, 2.45) is 7.05 Å². The van der Waals surface area contributed by atoms with Gasteiger partial charge >= 0.3 is 5.69 Å². The number of aromatic amines is 1. The van der Waals surface area contributed by atoms with Gasteiger partial charge in [-0.3, -0.25) is 10.1 Å². The quantitative estimate of drug-likeness (QED) is 0.622. The Morgan fingerprint density at radius 2 is 2.39 bits per heavy atom. The molecule has 0 saturated carbocycles. The number of hydrogen-bond acceptors (Lipinski definition) is 4. The highest BCUT2D eigenvalue weighted by atomic mass is 16.6. The Bertz CT molecular complexity index is 544. The topological polar surface area (TPSA) is 88.8 Å². The van der Waals surface area contributed by atoms with E-state index in [-0.39, 0.29) is 5.69 Å². The van der Waals surface area contributed by atoms with E-state index in [1.54, 1.807) is 14.0 Å². The zero-order valence-electron chi connectivity index (χ0n) is 10.3. The lowest BCUT2D eigenvalue weighted by Crippen LogP contribution is -2.10. The van der Waals surface area contributed by atoms with E-state index in [0.29, 0.717) is 18.1 Å². The molecule has 0 atom stereocenters. The van der Waals surface area contributed by atoms with Crippen LogP contribution < -0.4 is 5.32 Å². The molecule has 0 saturated heterocycles. The van der Waals surface area contributed by atoms with E-state index in [9.17, 15) is 10.1 Å². The van der Waals surface area contributed by atoms with Crippen molar-refractivity contribution < 1.29 is 4.92 Å². The molecule has 0 aliphatic rings. The Morgan fingerprint density at radius 3 is 3.00 bits per heavy atom. The fourth-order valence-corrected chi connectivity index (χ4v) is 1.90. The molecule has 7 heteroatoms. The van der Waals surface area contributed by atoms with Crippen LogP contribution in [0.1, 0.15) is 11.4 Å². The molecular formula is C11H15N5O2. The van der Waals surface area contributed by atoms with Crippen molar-refractivity contribution in [3.63, 3.8) is 0 Å². The predicted molar refractivity (Wildman–Crippen MR) is 67.6 cm³/mol. The average Bonchev–Trinajstić information content (AvgIpc) is 2.87. The lowest BCUT2D eigenvalue weighted by molar-refractivity contribution is -0.384. The first-order chi connectivity index (χ1) is 8.59. The molecule has 0 spiro atoms. The number of rotatable bonds is 5. The van der Waals surface area contributed by atoms with Crippen molar-refractivity contribution in [2.75, 3.05) is 11.9 Å². The molecule has 0 aliphatic heterocycles. The SMILES string of the molecule is Cc1nn(C)c(NCCc2ccc[nH]2)c1[N+](=O)[O-]. The van der Waals surface area contributed by atoms with E-state index in [0.717, 1.165) is 12.1 Å². The van der Waals surface area contributed by atoms with Crippen LogP contribution >= 0.6 is 0 Å². The summed E-state index contributed by atoms with van der Waals surface area (Å²) in [5.41, 5.74) is 1.55. The molecule has 0 unspecified atom stereocenters. The number of H-pyrrole nitrogens is 1. The highest BCUT2D eigenvalue weighted by Crippen LogP contribution is 2.26. The van der Waals surface area contributed by atoms with E-state index < -0.39 is 4.92 Å². The van der Waals surface area contributed by atoms with Gasteiger partial charge in [0.1, 0.15) is 5.69 Å². The van der Waals surface area contributed by atoms with Crippen LogP contribution in [0.3, 0.4) is 0 Å². The van der Waals surface area contributed by atoms with Crippen molar-refractivity contribution in [1.29, 1.82) is 0 Å². The number of anilines is 1. The van der Waals surface area contributed by atoms with Gasteiger partial charge in [0.25, 0.3) is 0 Å². The summed E-state index contributed by atoms with van der Waals surface area (Å²) in [4.78, 5) is 13.6. The van der Waals surface area contributed by atoms with Gasteiger partial charge in [0, 0.05) is 31.9 Å². The molecule has 96 valence electrons. The molecular weight excluding hydrogens is 234 g/mol. The molecule has 0 radical (unpaired) electrons. The summed E-state index contributed by atoms with van der Waals surface area (Å²) in [5.74, 6) is 0.448. The zero-order chi connectivity index (χ0) is 13.1. The number of nitrogens with zero attached hydrogens (tertiary/aromatic N) is 3. The molecule has 2 heterocycles. The third kappa shape index (κ3) is 2.34. The van der Waals surface area contributed by atoms with Crippen LogP contribution in [-0.2, 0) is 13.5 Å². The Balaban J connectivity index is 2.07. The van der Waals surface area contributed by atoms with Crippen LogP contribution in [0.25, 0.3) is 0 Å². The third-order valence-electron chi connectivity index (χ3n) is 2.72. The maximum atomic E-state index is 11.0. The Kier molecular flexibility index (Phi) is 3.31. The number of nitrogens with one attached hydrogen (secondary N) is 2. The van der Waals surface area contributed by atoms with E-state index in [4.69, 9.17) is 0 Å². The summed E-state index contributed by atoms with van der Waals surface area (Å²) in [6, 6.07) is 3.90. The second kappa shape index (κ2) is 4.91. The van der Waals surface area contributed by atoms with Crippen LogP contribution in [0.2, 0.25) is 0 Å². The van der Waals surface area contributed by atoms with Gasteiger partial charge in [0.2, 0.25) is 5.82 Å². The molecule has 2 N–H and O–H groups in total. The lowest BCUT2D eigenvalue weighted by Gasteiger charge is -2.05. The molecule has 0 aliphatic carbocycles. The highest BCUT2D eigenvalue weighted by Gasteiger charge is 2.23. The lowest BCUT2D eigenvalue weighted by atomic mass is 10.3. The maximum Gasteiger partial charge on any atom is 0.333 e. The molecule has 0 amide bonds. The molecule has 0 bridgehead atoms. The average molecular weight is 249 g/mol. The fraction of sp³-hybridized carbons (Fsp3) is 0.364. The number of aryl methyl sites for hydroxylation is 2. The van der Waals surface area contributed by atoms with Gasteiger partial charge in [0.15, 0.2) is 0 Å². The minimum atomic E-state index is -0.403. The third-order valence-corrected chi connectivity index (χ3v) is 2.72. The van der Waals surface area contributed by atoms with Gasteiger partial charge in [-0.15, -0.1) is 0 Å². The Hall–Kier alpha value is -2.31. The summed E-state index contributed by atoms with van der Waals surface area (Å²) in [5, 5.41) is 18.1. The molecule has 2 rings (SSSR count). The number of aromatic nitrogens is 3. The molecule has 18 heavy (non-hydrogen) atoms. The smallest absolute Gasteiger partial charge is 0.333 e. The molecule has 2 aromatic heterocycles. The fourth-order valence-electron chi connectivity index (χ4n) is 1.90. The predicted octanol–water partition coefficient (Wildman–Crippen LogP) is 1.62. The van der Waals surface area contributed by atoms with Crippen LogP contribution in [0, 0.1) is 17.0 Å². The Morgan fingerprint density at radius 1 is 1.61 bits per heavy atom. The summed E-state index contributed by atoms with van der Waals surface area (Å²) in [7, 11) is 1.69. The maximum absolute atomic E-state index is 11.0. The number of nitro groups is 1. The highest BCUT2D eigenvalue weighted by molar-refractivity contribution is 5.59. The first kappa shape index (κ1) is 12.2. The van der Waals surface area contributed by atoms with Crippen molar-refractivity contribution in [3.8, 4) is 0 Å². The second-order valence-corrected chi connectivity index (χ2v) is 4.04. The van der Waals surface area contributed by atoms with Crippen molar-refractivity contribution in [1.82, 2.24) is 14.8 Å². The van der Waals surface area contributed by atoms with E-state index in [1.165, 1.54) is 4.68 Å². The molecule has 0 aromatic carbocycles. The van der Waals surface area contributed by atoms with Gasteiger partial charge in [-0.2, -0.15) is 5.10 Å². The first-order valence-electron chi connectivity index (χ1n) is 5.63. The van der Waals surface area contributed by atoms with E-state index in [1.807, 2.05) is 18.3 Å². The van der Waals surface area contributed by atoms with Crippen LogP contribution in [0.4, 0.5) is 11.5 Å². The summed E-state index contributed by atoms with van der Waals surface area (Å²) in [6.07, 6.45) is 2.63. The number of hydrogen-bond donors (Lipinski definition) is 2. The van der Waals surface area contributed by atoms with Crippen molar-refractivity contribution in [3.05, 3.63) is 39.8 Å². The van der Waals surface area contributed by atoms with E-state index in [2.05, 4.69) is 15.4 Å². The van der Waals surface area contributed by atoms with E-state index >= 15 is 0 Å². The molecule has 0 fully saturated rings. The Labute approximate surface area is 104 Å². The largest absolute Gasteiger partial charge is 0.365 e. The van der Waals surface area contributed by atoms with Crippen LogP contribution in [0.15, 0.2) is 18.3 Å². The summed E-state index contributed by atoms with van der Waals surface area (Å²) >= 11 is 0. The normalized spacial score (nSPS) is 10.6. The summed E-state index contributed by atoms with van der Waals surface area (Å²) in [6.45, 7) is 2.24. The van der Waals surface area contributed by atoms with Crippen LogP contribution in [-0.4, -0.2) is 26.2 Å². The van der Waals surface area contributed by atoms with Crippen molar-refractivity contribution in [2.45, 2.75) is 13.3 Å². The zero-order valence-corrected chi connectivity index (χ0v) is 10.3. The minimum absolute atomic E-state index is 0.0454. The summed E-state index contributed by atoms with van der Waals surface area (Å²) < 4.78 is 1.50. The van der Waals surface area contributed by atoms with Gasteiger partial charge < -0.3 is 10.3 Å². The van der Waals surface area contributed by atoms with Gasteiger partial charge in [-0.25, -0.2) is 4.68 Å². The van der Waals surface area contributed by atoms with Gasteiger partial charge in [-0.05, 0) is 19.1 Å². The first-order valence-corrected chi connectivity index (χ1v) is 5.63. The van der Waals surface area contributed by atoms with Crippen molar-refractivity contribution >= 4 is 11.5 Å². The standard InChI is InChI=1S/C11H15N5O2/c1-8-10(16(17)18)11(15(2)14-8)13-7-5-9-4-3-6-12-9/h3-4,6,12-13H,5,7H2,1-2H3. The molecule has 2 aromatic rings. The molecule has 7 nitrogen and oxygen atoms in total. The second-order valence-electron chi connectivity index (χ2n) is 4.04. The minimum Gasteiger partial charge on any atom is -0.365 e. The monoisotopic (exact) mass is 249 g/mol. The van der Waals surface area contributed by atoms with Crippen LogP contribution in [0.5, 0.6) is 0 Å². The van der Waals surface area contributed by atoms with Gasteiger partial charge in [0.05, 0.1) is 4.92 Å².